The fraction of sp³-hybridized carbons (Fsp3) is 0.562. The quantitative estimate of drug-likeness (QED) is 0.724. The fourth-order valence-corrected chi connectivity index (χ4v) is 2.93. The molecule has 1 rings (SSSR count). The molecule has 0 fully saturated rings. The molecule has 0 saturated heterocycles. The molecular formula is C16H25N3OS. The molecule has 1 unspecified atom stereocenters. The van der Waals surface area contributed by atoms with Gasteiger partial charge < -0.3 is 11.1 Å². The third-order valence-corrected chi connectivity index (χ3v) is 4.20. The van der Waals surface area contributed by atoms with Crippen molar-refractivity contribution in [2.75, 3.05) is 0 Å². The largest absolute Gasteiger partial charge is 0.392 e. The minimum Gasteiger partial charge on any atom is -0.392 e. The van der Waals surface area contributed by atoms with Crippen LogP contribution in [0.3, 0.4) is 0 Å². The van der Waals surface area contributed by atoms with Gasteiger partial charge in [-0.05, 0) is 37.5 Å². The molecule has 0 aliphatic carbocycles. The molecule has 4 nitrogen and oxygen atoms in total. The van der Waals surface area contributed by atoms with Crippen molar-refractivity contribution in [2.45, 2.75) is 52.5 Å². The van der Waals surface area contributed by atoms with Gasteiger partial charge in [0, 0.05) is 12.4 Å². The van der Waals surface area contributed by atoms with Gasteiger partial charge in [0.2, 0.25) is 5.91 Å². The number of carbonyl (C=O) groups is 1. The normalized spacial score (nSPS) is 12.7. The van der Waals surface area contributed by atoms with Crippen molar-refractivity contribution in [1.82, 2.24) is 10.3 Å². The van der Waals surface area contributed by atoms with E-state index >= 15 is 0 Å². The number of carbonyl (C=O) groups excluding carboxylic acids is 1. The van der Waals surface area contributed by atoms with E-state index in [-0.39, 0.29) is 11.9 Å². The Morgan fingerprint density at radius 2 is 1.86 bits per heavy atom. The Morgan fingerprint density at radius 1 is 1.33 bits per heavy atom. The average molecular weight is 307 g/mol. The molecule has 21 heavy (non-hydrogen) atoms. The lowest BCUT2D eigenvalue weighted by molar-refractivity contribution is -0.128. The molecule has 0 aliphatic heterocycles. The summed E-state index contributed by atoms with van der Waals surface area (Å²) in [6.07, 6.45) is 6.55. The van der Waals surface area contributed by atoms with Gasteiger partial charge in [-0.3, -0.25) is 9.78 Å². The molecule has 1 aromatic rings. The van der Waals surface area contributed by atoms with Crippen LogP contribution in [0.5, 0.6) is 0 Å². The van der Waals surface area contributed by atoms with Crippen LogP contribution in [-0.4, -0.2) is 15.9 Å². The number of hydrogen-bond donors (Lipinski definition) is 2. The minimum absolute atomic E-state index is 0.0667. The molecular weight excluding hydrogens is 282 g/mol. The third-order valence-electron chi connectivity index (χ3n) is 3.81. The number of nitrogens with one attached hydrogen (secondary N) is 1. The van der Waals surface area contributed by atoms with Gasteiger partial charge in [-0.2, -0.15) is 0 Å². The first kappa shape index (κ1) is 17.6. The first-order chi connectivity index (χ1) is 9.97. The highest BCUT2D eigenvalue weighted by Gasteiger charge is 2.40. The fourth-order valence-electron chi connectivity index (χ4n) is 2.63. The molecule has 0 bridgehead atoms. The Kier molecular flexibility index (Phi) is 6.75. The van der Waals surface area contributed by atoms with Crippen LogP contribution in [-0.2, 0) is 4.79 Å². The maximum atomic E-state index is 12.8. The molecule has 1 aromatic heterocycles. The number of nitrogens with zero attached hydrogens (tertiary/aromatic N) is 1. The van der Waals surface area contributed by atoms with Crippen LogP contribution in [0, 0.1) is 5.41 Å². The first-order valence-electron chi connectivity index (χ1n) is 7.48. The number of aromatic nitrogens is 1. The molecule has 3 N–H and O–H groups in total. The molecule has 1 atom stereocenters. The Bertz CT molecular complexity index is 470. The van der Waals surface area contributed by atoms with E-state index < -0.39 is 5.41 Å². The smallest absolute Gasteiger partial charge is 0.233 e. The van der Waals surface area contributed by atoms with Gasteiger partial charge in [-0.25, -0.2) is 0 Å². The Hall–Kier alpha value is -1.49. The third kappa shape index (κ3) is 4.24. The van der Waals surface area contributed by atoms with Crippen molar-refractivity contribution < 1.29 is 4.79 Å². The Labute approximate surface area is 132 Å². The van der Waals surface area contributed by atoms with Gasteiger partial charge >= 0.3 is 0 Å². The lowest BCUT2D eigenvalue weighted by Crippen LogP contribution is -2.49. The summed E-state index contributed by atoms with van der Waals surface area (Å²) in [5.74, 6) is -0.0667. The van der Waals surface area contributed by atoms with Gasteiger partial charge in [-0.15, -0.1) is 0 Å². The predicted octanol–water partition coefficient (Wildman–Crippen LogP) is 3.13. The van der Waals surface area contributed by atoms with Crippen molar-refractivity contribution >= 4 is 23.1 Å². The summed E-state index contributed by atoms with van der Waals surface area (Å²) in [4.78, 5) is 17.1. The SMILES string of the molecule is CCCC(CCC)(C(=O)NC(C)c1ccncc1)C(N)=S. The summed E-state index contributed by atoms with van der Waals surface area (Å²) >= 11 is 5.21. The zero-order valence-corrected chi connectivity index (χ0v) is 13.9. The molecule has 1 amide bonds. The molecule has 0 saturated carbocycles. The van der Waals surface area contributed by atoms with E-state index in [9.17, 15) is 4.79 Å². The highest BCUT2D eigenvalue weighted by Crippen LogP contribution is 2.31. The number of pyridine rings is 1. The van der Waals surface area contributed by atoms with E-state index in [4.69, 9.17) is 18.0 Å². The van der Waals surface area contributed by atoms with E-state index in [2.05, 4.69) is 10.3 Å². The molecule has 0 aliphatic rings. The zero-order valence-electron chi connectivity index (χ0n) is 13.1. The van der Waals surface area contributed by atoms with Gasteiger partial charge in [0.05, 0.1) is 16.4 Å². The maximum Gasteiger partial charge on any atom is 0.233 e. The molecule has 0 aromatic carbocycles. The van der Waals surface area contributed by atoms with Gasteiger partial charge in [0.15, 0.2) is 0 Å². The summed E-state index contributed by atoms with van der Waals surface area (Å²) in [6, 6.07) is 3.70. The number of rotatable bonds is 8. The van der Waals surface area contributed by atoms with E-state index in [1.54, 1.807) is 12.4 Å². The summed E-state index contributed by atoms with van der Waals surface area (Å²) in [7, 11) is 0. The van der Waals surface area contributed by atoms with Crippen molar-refractivity contribution in [3.05, 3.63) is 30.1 Å². The van der Waals surface area contributed by atoms with Crippen molar-refractivity contribution in [3.8, 4) is 0 Å². The highest BCUT2D eigenvalue weighted by molar-refractivity contribution is 7.80. The molecule has 5 heteroatoms. The van der Waals surface area contributed by atoms with Crippen LogP contribution in [0.25, 0.3) is 0 Å². The first-order valence-corrected chi connectivity index (χ1v) is 7.89. The maximum absolute atomic E-state index is 12.8. The van der Waals surface area contributed by atoms with E-state index in [1.165, 1.54) is 0 Å². The van der Waals surface area contributed by atoms with Crippen molar-refractivity contribution in [1.29, 1.82) is 0 Å². The zero-order chi connectivity index (χ0) is 15.9. The van der Waals surface area contributed by atoms with Crippen LogP contribution >= 0.6 is 12.2 Å². The summed E-state index contributed by atoms with van der Waals surface area (Å²) in [6.45, 7) is 6.04. The summed E-state index contributed by atoms with van der Waals surface area (Å²) < 4.78 is 0. The number of thiocarbonyl (C=S) groups is 1. The molecule has 0 radical (unpaired) electrons. The van der Waals surface area contributed by atoms with Crippen molar-refractivity contribution in [3.63, 3.8) is 0 Å². The summed E-state index contributed by atoms with van der Waals surface area (Å²) in [5, 5.41) is 3.05. The lowest BCUT2D eigenvalue weighted by atomic mass is 9.78. The van der Waals surface area contributed by atoms with Gasteiger partial charge in [-0.1, -0.05) is 38.9 Å². The standard InChI is InChI=1S/C16H25N3OS/c1-4-8-16(9-5-2,14(17)21)15(20)19-12(3)13-6-10-18-11-7-13/h6-7,10-12H,4-5,8-9H2,1-3H3,(H2,17,21)(H,19,20). The average Bonchev–Trinajstić information content (AvgIpc) is 2.47. The monoisotopic (exact) mass is 307 g/mol. The predicted molar refractivity (Wildman–Crippen MR) is 89.8 cm³/mol. The van der Waals surface area contributed by atoms with Gasteiger partial charge in [0.1, 0.15) is 0 Å². The molecule has 116 valence electrons. The number of nitrogens with two attached hydrogens (primary N) is 1. The number of hydrogen-bond acceptors (Lipinski definition) is 3. The second-order valence-corrected chi connectivity index (χ2v) is 5.86. The molecule has 1 heterocycles. The summed E-state index contributed by atoms with van der Waals surface area (Å²) in [5.41, 5.74) is 6.20. The second kappa shape index (κ2) is 8.08. The van der Waals surface area contributed by atoms with Crippen LogP contribution in [0.15, 0.2) is 24.5 Å². The Morgan fingerprint density at radius 3 is 2.29 bits per heavy atom. The number of amides is 1. The van der Waals surface area contributed by atoms with E-state index in [0.717, 1.165) is 18.4 Å². The lowest BCUT2D eigenvalue weighted by Gasteiger charge is -2.32. The second-order valence-electron chi connectivity index (χ2n) is 5.42. The van der Waals surface area contributed by atoms with Crippen LogP contribution in [0.2, 0.25) is 0 Å². The van der Waals surface area contributed by atoms with Crippen LogP contribution in [0.4, 0.5) is 0 Å². The minimum atomic E-state index is -0.736. The van der Waals surface area contributed by atoms with Crippen LogP contribution in [0.1, 0.15) is 58.1 Å². The van der Waals surface area contributed by atoms with E-state index in [1.807, 2.05) is 32.9 Å². The van der Waals surface area contributed by atoms with Gasteiger partial charge in [0.25, 0.3) is 0 Å². The Balaban J connectivity index is 2.93. The topological polar surface area (TPSA) is 68.0 Å². The van der Waals surface area contributed by atoms with Crippen LogP contribution < -0.4 is 11.1 Å². The van der Waals surface area contributed by atoms with Crippen molar-refractivity contribution in [2.24, 2.45) is 11.1 Å². The highest BCUT2D eigenvalue weighted by atomic mass is 32.1. The van der Waals surface area contributed by atoms with E-state index in [0.29, 0.717) is 17.8 Å². The molecule has 0 spiro atoms.